The van der Waals surface area contributed by atoms with Crippen LogP contribution in [0, 0.1) is 47.3 Å². The van der Waals surface area contributed by atoms with Crippen LogP contribution in [0.25, 0.3) is 0 Å². The van der Waals surface area contributed by atoms with E-state index in [1.165, 1.54) is 12.1 Å². The zero-order chi connectivity index (χ0) is 13.2. The van der Waals surface area contributed by atoms with E-state index >= 15 is 0 Å². The van der Waals surface area contributed by atoms with Crippen LogP contribution in [0.4, 0.5) is 0 Å². The maximum Gasteiger partial charge on any atom is 0.184 e. The van der Waals surface area contributed by atoms with Gasteiger partial charge in [0.2, 0.25) is 0 Å². The highest BCUT2D eigenvalue weighted by Gasteiger charge is 2.88. The van der Waals surface area contributed by atoms with Crippen LogP contribution in [0.15, 0.2) is 5.10 Å². The molecule has 1 heterocycles. The molecule has 3 N–H and O–H groups in total. The Kier molecular flexibility index (Phi) is 1.67. The van der Waals surface area contributed by atoms with Crippen LogP contribution in [0.5, 0.6) is 0 Å². The van der Waals surface area contributed by atoms with Gasteiger partial charge in [0.1, 0.15) is 0 Å². The van der Waals surface area contributed by atoms with Crippen LogP contribution in [-0.4, -0.2) is 29.8 Å². The molecule has 0 radical (unpaired) electrons. The SMILES string of the molecule is NC(=S)NN=C1[C@@H]2[C@H]3C[C@H]4[C@@H]5[C@@H]3[C@@H]1[C@H]5C1(OCCO1)[C@H]42. The lowest BCUT2D eigenvalue weighted by Crippen LogP contribution is -2.58. The number of hydrogen-bond acceptors (Lipinski definition) is 4. The highest BCUT2D eigenvalue weighted by Crippen LogP contribution is 2.85. The zero-order valence-corrected chi connectivity index (χ0v) is 11.8. The Morgan fingerprint density at radius 3 is 2.75 bits per heavy atom. The van der Waals surface area contributed by atoms with Crippen LogP contribution in [0.2, 0.25) is 0 Å². The molecule has 1 saturated heterocycles. The average Bonchev–Trinajstić information content (AvgIpc) is 3.04. The van der Waals surface area contributed by atoms with Crippen LogP contribution in [0.3, 0.4) is 0 Å². The summed E-state index contributed by atoms with van der Waals surface area (Å²) < 4.78 is 12.4. The molecule has 0 aromatic heterocycles. The van der Waals surface area contributed by atoms with Gasteiger partial charge in [0.15, 0.2) is 10.9 Å². The molecule has 6 aliphatic rings. The Morgan fingerprint density at radius 2 is 2.00 bits per heavy atom. The van der Waals surface area contributed by atoms with Crippen molar-refractivity contribution in [2.24, 2.45) is 58.2 Å². The predicted octanol–water partition coefficient (Wildman–Crippen LogP) is 0.306. The minimum Gasteiger partial charge on any atom is -0.375 e. The first kappa shape index (κ1) is 10.9. The highest BCUT2D eigenvalue weighted by molar-refractivity contribution is 7.80. The number of hydrogen-bond donors (Lipinski definition) is 2. The third kappa shape index (κ3) is 0.853. The van der Waals surface area contributed by atoms with Gasteiger partial charge in [-0.05, 0) is 42.3 Å². The van der Waals surface area contributed by atoms with Gasteiger partial charge in [-0.2, -0.15) is 5.10 Å². The molecular weight excluding hydrogens is 274 g/mol. The summed E-state index contributed by atoms with van der Waals surface area (Å²) in [5.74, 6) is 5.22. The number of nitrogens with two attached hydrogens (primary N) is 1. The largest absolute Gasteiger partial charge is 0.375 e. The maximum atomic E-state index is 6.19. The molecule has 5 aliphatic carbocycles. The second kappa shape index (κ2) is 3.05. The average molecular weight is 291 g/mol. The van der Waals surface area contributed by atoms with Gasteiger partial charge < -0.3 is 15.2 Å². The van der Waals surface area contributed by atoms with E-state index in [2.05, 4.69) is 10.5 Å². The van der Waals surface area contributed by atoms with Crippen molar-refractivity contribution in [3.8, 4) is 0 Å². The molecule has 0 aromatic carbocycles. The normalized spacial score (nSPS) is 59.9. The van der Waals surface area contributed by atoms with Gasteiger partial charge in [-0.25, -0.2) is 0 Å². The summed E-state index contributed by atoms with van der Waals surface area (Å²) in [6, 6.07) is 0. The van der Waals surface area contributed by atoms with E-state index in [1.807, 2.05) is 0 Å². The first-order chi connectivity index (χ1) is 9.74. The monoisotopic (exact) mass is 291 g/mol. The summed E-state index contributed by atoms with van der Waals surface area (Å²) in [4.78, 5) is 0. The number of nitrogens with zero attached hydrogens (tertiary/aromatic N) is 1. The maximum absolute atomic E-state index is 6.19. The van der Waals surface area contributed by atoms with Crippen molar-refractivity contribution in [3.63, 3.8) is 0 Å². The molecule has 0 unspecified atom stereocenters. The highest BCUT2D eigenvalue weighted by atomic mass is 32.1. The zero-order valence-electron chi connectivity index (χ0n) is 11.0. The Morgan fingerprint density at radius 1 is 1.20 bits per heavy atom. The molecule has 106 valence electrons. The van der Waals surface area contributed by atoms with Crippen molar-refractivity contribution >= 4 is 23.0 Å². The molecule has 6 heteroatoms. The van der Waals surface area contributed by atoms with Crippen molar-refractivity contribution in [1.82, 2.24) is 5.43 Å². The van der Waals surface area contributed by atoms with Crippen LogP contribution >= 0.6 is 12.2 Å². The minimum absolute atomic E-state index is 0.255. The Bertz CT molecular complexity index is 573. The number of thiocarbonyl (C=S) groups is 1. The summed E-state index contributed by atoms with van der Waals surface area (Å²) in [7, 11) is 0. The van der Waals surface area contributed by atoms with Gasteiger partial charge in [0, 0.05) is 29.4 Å². The molecule has 20 heavy (non-hydrogen) atoms. The fourth-order valence-corrected chi connectivity index (χ4v) is 7.29. The van der Waals surface area contributed by atoms with Gasteiger partial charge >= 0.3 is 0 Å². The molecule has 6 rings (SSSR count). The summed E-state index contributed by atoms with van der Waals surface area (Å²) in [6.45, 7) is 1.53. The predicted molar refractivity (Wildman–Crippen MR) is 74.5 cm³/mol. The third-order valence-electron chi connectivity index (χ3n) is 7.15. The molecule has 6 fully saturated rings. The molecule has 1 spiro atoms. The topological polar surface area (TPSA) is 68.9 Å². The van der Waals surface area contributed by atoms with E-state index in [0.717, 1.165) is 36.9 Å². The van der Waals surface area contributed by atoms with E-state index in [9.17, 15) is 0 Å². The van der Waals surface area contributed by atoms with E-state index in [-0.39, 0.29) is 10.9 Å². The summed E-state index contributed by atoms with van der Waals surface area (Å²) >= 11 is 4.89. The molecule has 5 nitrogen and oxygen atoms in total. The van der Waals surface area contributed by atoms with Gasteiger partial charge in [0.05, 0.1) is 13.2 Å². The molecule has 5 saturated carbocycles. The van der Waals surface area contributed by atoms with Crippen molar-refractivity contribution in [1.29, 1.82) is 0 Å². The van der Waals surface area contributed by atoms with E-state index in [0.29, 0.717) is 23.7 Å². The molecule has 0 aromatic rings. The van der Waals surface area contributed by atoms with Crippen LogP contribution in [0.1, 0.15) is 6.42 Å². The van der Waals surface area contributed by atoms with Crippen molar-refractivity contribution < 1.29 is 9.47 Å². The lowest BCUT2D eigenvalue weighted by Gasteiger charge is -2.51. The molecule has 1 aliphatic heterocycles. The van der Waals surface area contributed by atoms with Gasteiger partial charge in [-0.3, -0.25) is 5.43 Å². The first-order valence-electron chi connectivity index (χ1n) is 7.65. The molecule has 8 atom stereocenters. The van der Waals surface area contributed by atoms with Crippen LogP contribution in [-0.2, 0) is 9.47 Å². The number of hydrazone groups is 1. The summed E-state index contributed by atoms with van der Waals surface area (Å²) in [5, 5.41) is 4.85. The number of nitrogens with one attached hydrogen (secondary N) is 1. The Labute approximate surface area is 122 Å². The Balaban J connectivity index is 1.49. The third-order valence-corrected chi connectivity index (χ3v) is 7.24. The number of fused-ring (bicyclic) bond motifs is 4. The minimum atomic E-state index is -0.255. The lowest BCUT2D eigenvalue weighted by molar-refractivity contribution is -0.240. The van der Waals surface area contributed by atoms with Crippen molar-refractivity contribution in [2.75, 3.05) is 13.2 Å². The van der Waals surface area contributed by atoms with Crippen molar-refractivity contribution in [3.05, 3.63) is 0 Å². The Hall–Kier alpha value is -0.720. The smallest absolute Gasteiger partial charge is 0.184 e. The van der Waals surface area contributed by atoms with Crippen molar-refractivity contribution in [2.45, 2.75) is 12.2 Å². The number of ether oxygens (including phenoxy) is 2. The summed E-state index contributed by atoms with van der Waals surface area (Å²) in [5.41, 5.74) is 9.69. The molecular formula is C14H17N3O2S. The fraction of sp³-hybridized carbons (Fsp3) is 0.857. The fourth-order valence-electron chi connectivity index (χ4n) is 7.24. The number of rotatable bonds is 1. The van der Waals surface area contributed by atoms with Gasteiger partial charge in [-0.15, -0.1) is 0 Å². The lowest BCUT2D eigenvalue weighted by atomic mass is 9.58. The first-order valence-corrected chi connectivity index (χ1v) is 8.06. The standard InChI is InChI=1S/C14H17N3O2S/c15-13(20)17-16-12-8-4-3-5-7-6(4)9(12)11(7)14(10(5)8)18-1-2-19-14/h4-11H,1-3H2,(H3,15,17,20)/t4-,5-,6+,7+,8+,9+,10+,11-/m0/s1. The second-order valence-electron chi connectivity index (χ2n) is 7.25. The molecule has 2 bridgehead atoms. The van der Waals surface area contributed by atoms with E-state index < -0.39 is 0 Å². The van der Waals surface area contributed by atoms with Gasteiger partial charge in [-0.1, -0.05) is 0 Å². The van der Waals surface area contributed by atoms with E-state index in [1.54, 1.807) is 0 Å². The summed E-state index contributed by atoms with van der Waals surface area (Å²) in [6.07, 6.45) is 1.36. The van der Waals surface area contributed by atoms with E-state index in [4.69, 9.17) is 27.4 Å². The second-order valence-corrected chi connectivity index (χ2v) is 7.69. The molecule has 0 amide bonds. The quantitative estimate of drug-likeness (QED) is 0.537. The van der Waals surface area contributed by atoms with Gasteiger partial charge in [0.25, 0.3) is 0 Å². The van der Waals surface area contributed by atoms with Crippen LogP contribution < -0.4 is 11.2 Å².